The van der Waals surface area contributed by atoms with Gasteiger partial charge in [-0.15, -0.1) is 6.58 Å². The van der Waals surface area contributed by atoms with Crippen LogP contribution in [0.25, 0.3) is 0 Å². The highest BCUT2D eigenvalue weighted by molar-refractivity contribution is 5.90. The van der Waals surface area contributed by atoms with Gasteiger partial charge >= 0.3 is 5.97 Å². The molecule has 4 saturated carbocycles. The third-order valence-corrected chi connectivity index (χ3v) is 9.09. The number of carbonyl (C=O) groups excluding carboxylic acids is 2. The molecule has 0 aromatic rings. The zero-order valence-electron chi connectivity index (χ0n) is 16.0. The molecule has 0 spiro atoms. The number of ether oxygens (including phenoxy) is 1. The smallest absolute Gasteiger partial charge is 0.302 e. The van der Waals surface area contributed by atoms with Gasteiger partial charge in [-0.3, -0.25) is 9.59 Å². The van der Waals surface area contributed by atoms with Crippen molar-refractivity contribution in [2.45, 2.75) is 78.2 Å². The fourth-order valence-corrected chi connectivity index (χ4v) is 7.75. The van der Waals surface area contributed by atoms with E-state index in [4.69, 9.17) is 4.74 Å². The molecular weight excluding hydrogens is 312 g/mol. The Balaban J connectivity index is 1.66. The van der Waals surface area contributed by atoms with Gasteiger partial charge in [0.25, 0.3) is 0 Å². The van der Waals surface area contributed by atoms with Crippen LogP contribution in [0, 0.1) is 34.0 Å². The van der Waals surface area contributed by atoms with Crippen LogP contribution in [0.2, 0.25) is 0 Å². The molecule has 4 rings (SSSR count). The molecule has 4 fully saturated rings. The third kappa shape index (κ3) is 2.04. The lowest BCUT2D eigenvalue weighted by molar-refractivity contribution is -0.163. The number of rotatable bonds is 2. The van der Waals surface area contributed by atoms with Crippen molar-refractivity contribution in [2.75, 3.05) is 0 Å². The van der Waals surface area contributed by atoms with E-state index in [1.165, 1.54) is 13.3 Å². The summed E-state index contributed by atoms with van der Waals surface area (Å²) in [6.07, 6.45) is 10.4. The largest absolute Gasteiger partial charge is 0.462 e. The van der Waals surface area contributed by atoms with Gasteiger partial charge in [-0.1, -0.05) is 19.9 Å². The Bertz CT molecular complexity index is 625. The lowest BCUT2D eigenvalue weighted by atomic mass is 9.44. The Hall–Kier alpha value is -1.12. The van der Waals surface area contributed by atoms with E-state index in [1.54, 1.807) is 0 Å². The summed E-state index contributed by atoms with van der Waals surface area (Å²) in [5.74, 6) is 2.20. The van der Waals surface area contributed by atoms with Crippen LogP contribution >= 0.6 is 0 Å². The van der Waals surface area contributed by atoms with E-state index in [0.717, 1.165) is 44.9 Å². The fraction of sp³-hybridized carbons (Fsp3) is 0.818. The monoisotopic (exact) mass is 344 g/mol. The minimum atomic E-state index is -0.282. The predicted molar refractivity (Wildman–Crippen MR) is 96.8 cm³/mol. The zero-order valence-corrected chi connectivity index (χ0v) is 16.0. The van der Waals surface area contributed by atoms with E-state index in [-0.39, 0.29) is 28.3 Å². The van der Waals surface area contributed by atoms with E-state index >= 15 is 0 Å². The summed E-state index contributed by atoms with van der Waals surface area (Å²) in [6, 6.07) is 0. The van der Waals surface area contributed by atoms with Gasteiger partial charge in [0.1, 0.15) is 11.9 Å². The molecule has 138 valence electrons. The van der Waals surface area contributed by atoms with Crippen molar-refractivity contribution < 1.29 is 14.3 Å². The first kappa shape index (κ1) is 17.3. The minimum absolute atomic E-state index is 0.0790. The first-order chi connectivity index (χ1) is 11.8. The molecule has 0 amide bonds. The first-order valence-electron chi connectivity index (χ1n) is 10.1. The van der Waals surface area contributed by atoms with Gasteiger partial charge in [0.05, 0.1) is 5.41 Å². The molecule has 7 atom stereocenters. The fourth-order valence-electron chi connectivity index (χ4n) is 7.75. The van der Waals surface area contributed by atoms with Crippen molar-refractivity contribution in [2.24, 2.45) is 34.0 Å². The Kier molecular flexibility index (Phi) is 3.76. The van der Waals surface area contributed by atoms with Crippen molar-refractivity contribution in [1.29, 1.82) is 0 Å². The quantitative estimate of drug-likeness (QED) is 0.539. The number of carbonyl (C=O) groups is 2. The van der Waals surface area contributed by atoms with Gasteiger partial charge in [0, 0.05) is 18.8 Å². The molecule has 3 heteroatoms. The topological polar surface area (TPSA) is 43.4 Å². The van der Waals surface area contributed by atoms with Gasteiger partial charge in [-0.2, -0.15) is 0 Å². The van der Waals surface area contributed by atoms with Gasteiger partial charge < -0.3 is 4.74 Å². The second-order valence-electron chi connectivity index (χ2n) is 9.65. The summed E-state index contributed by atoms with van der Waals surface area (Å²) in [5.41, 5.74) is -0.0780. The summed E-state index contributed by atoms with van der Waals surface area (Å²) >= 11 is 0. The maximum Gasteiger partial charge on any atom is 0.302 e. The normalized spacial score (nSPS) is 51.4. The number of hydrogen-bond acceptors (Lipinski definition) is 3. The van der Waals surface area contributed by atoms with Crippen LogP contribution in [0.3, 0.4) is 0 Å². The van der Waals surface area contributed by atoms with E-state index in [9.17, 15) is 9.59 Å². The Morgan fingerprint density at radius 2 is 1.88 bits per heavy atom. The molecule has 0 heterocycles. The molecule has 25 heavy (non-hydrogen) atoms. The summed E-state index contributed by atoms with van der Waals surface area (Å²) in [7, 11) is 0. The summed E-state index contributed by atoms with van der Waals surface area (Å²) in [4.78, 5) is 24.3. The Morgan fingerprint density at radius 3 is 2.56 bits per heavy atom. The molecule has 7 unspecified atom stereocenters. The number of fused-ring (bicyclic) bond motifs is 5. The number of ketones is 1. The molecule has 0 saturated heterocycles. The average molecular weight is 344 g/mol. The van der Waals surface area contributed by atoms with E-state index in [0.29, 0.717) is 23.5 Å². The predicted octanol–water partition coefficient (Wildman–Crippen LogP) is 4.70. The standard InChI is InChI=1S/C22H32O3/c1-5-22-13-8-15-16-6-7-19(25-14(2)23)20(16,3)11-9-17(15)21(22,4)12-10-18(22)24/h5,15-17,19H,1,6-13H2,2-4H3. The van der Waals surface area contributed by atoms with Crippen LogP contribution in [-0.2, 0) is 14.3 Å². The van der Waals surface area contributed by atoms with Gasteiger partial charge in [0.15, 0.2) is 0 Å². The molecule has 0 aliphatic heterocycles. The van der Waals surface area contributed by atoms with Crippen LogP contribution in [0.1, 0.15) is 72.1 Å². The summed E-state index contributed by atoms with van der Waals surface area (Å²) in [6.45, 7) is 10.4. The van der Waals surface area contributed by atoms with Crippen LogP contribution in [0.15, 0.2) is 12.7 Å². The highest BCUT2D eigenvalue weighted by atomic mass is 16.5. The minimum Gasteiger partial charge on any atom is -0.462 e. The van der Waals surface area contributed by atoms with Crippen molar-refractivity contribution in [3.05, 3.63) is 12.7 Å². The van der Waals surface area contributed by atoms with E-state index < -0.39 is 0 Å². The van der Waals surface area contributed by atoms with Gasteiger partial charge in [-0.05, 0) is 68.1 Å². The lowest BCUT2D eigenvalue weighted by Crippen LogP contribution is -2.56. The molecule has 4 aliphatic rings. The number of Topliss-reactive ketones (excluding diaryl/α,β-unsaturated/α-hetero) is 1. The summed E-state index contributed by atoms with van der Waals surface area (Å²) in [5, 5.41) is 0. The van der Waals surface area contributed by atoms with Gasteiger partial charge in [-0.25, -0.2) is 0 Å². The Labute approximate surface area is 151 Å². The second-order valence-corrected chi connectivity index (χ2v) is 9.65. The van der Waals surface area contributed by atoms with Crippen molar-refractivity contribution in [3.63, 3.8) is 0 Å². The number of allylic oxidation sites excluding steroid dienone is 1. The number of esters is 1. The first-order valence-corrected chi connectivity index (χ1v) is 10.1. The SMILES string of the molecule is C=CC12CCC3C4CCC(OC(C)=O)C4(C)CCC3C1(C)CCC2=O. The van der Waals surface area contributed by atoms with Crippen molar-refractivity contribution in [3.8, 4) is 0 Å². The van der Waals surface area contributed by atoms with Crippen LogP contribution < -0.4 is 0 Å². The van der Waals surface area contributed by atoms with Gasteiger partial charge in [0.2, 0.25) is 0 Å². The molecule has 4 aliphatic carbocycles. The highest BCUT2D eigenvalue weighted by Gasteiger charge is 2.67. The van der Waals surface area contributed by atoms with E-state index in [2.05, 4.69) is 20.4 Å². The average Bonchev–Trinajstić information content (AvgIpc) is 3.03. The molecule has 0 bridgehead atoms. The Morgan fingerprint density at radius 1 is 1.12 bits per heavy atom. The molecule has 3 nitrogen and oxygen atoms in total. The molecular formula is C22H32O3. The number of hydrogen-bond donors (Lipinski definition) is 0. The van der Waals surface area contributed by atoms with Crippen LogP contribution in [0.4, 0.5) is 0 Å². The maximum absolute atomic E-state index is 12.8. The summed E-state index contributed by atoms with van der Waals surface area (Å²) < 4.78 is 5.72. The van der Waals surface area contributed by atoms with E-state index in [1.807, 2.05) is 6.08 Å². The van der Waals surface area contributed by atoms with Crippen molar-refractivity contribution in [1.82, 2.24) is 0 Å². The van der Waals surface area contributed by atoms with Crippen molar-refractivity contribution >= 4 is 11.8 Å². The van der Waals surface area contributed by atoms with Crippen LogP contribution in [-0.4, -0.2) is 17.9 Å². The molecule has 0 N–H and O–H groups in total. The molecule has 0 aromatic heterocycles. The van der Waals surface area contributed by atoms with Crippen LogP contribution in [0.5, 0.6) is 0 Å². The highest BCUT2D eigenvalue weighted by Crippen LogP contribution is 2.70. The lowest BCUT2D eigenvalue weighted by Gasteiger charge is -2.60. The maximum atomic E-state index is 12.8. The molecule has 0 aromatic carbocycles. The molecule has 0 radical (unpaired) electrons. The second kappa shape index (κ2) is 5.44. The zero-order chi connectivity index (χ0) is 18.0. The third-order valence-electron chi connectivity index (χ3n) is 9.09.